The average molecular weight is 197 g/mol. The largest absolute Gasteiger partial charge is 0.381 e. The molecule has 2 bridgehead atoms. The lowest BCUT2D eigenvalue weighted by Gasteiger charge is -2.48. The first-order valence-electron chi connectivity index (χ1n) is 6.00. The molecule has 0 aromatic carbocycles. The first kappa shape index (κ1) is 10.4. The Morgan fingerprint density at radius 1 is 1.50 bits per heavy atom. The highest BCUT2D eigenvalue weighted by atomic mass is 16.5. The molecule has 14 heavy (non-hydrogen) atoms. The molecule has 0 N–H and O–H groups in total. The van der Waals surface area contributed by atoms with Gasteiger partial charge in [0, 0.05) is 25.1 Å². The van der Waals surface area contributed by atoms with Crippen molar-refractivity contribution >= 4 is 0 Å². The van der Waals surface area contributed by atoms with Gasteiger partial charge in [-0.15, -0.1) is 0 Å². The summed E-state index contributed by atoms with van der Waals surface area (Å²) in [5.41, 5.74) is 0.506. The van der Waals surface area contributed by atoms with Gasteiger partial charge in [-0.25, -0.2) is 0 Å². The summed E-state index contributed by atoms with van der Waals surface area (Å²) in [4.78, 5) is 2.51. The van der Waals surface area contributed by atoms with E-state index < -0.39 is 0 Å². The van der Waals surface area contributed by atoms with E-state index in [1.165, 1.54) is 38.8 Å². The Balaban J connectivity index is 1.99. The predicted molar refractivity (Wildman–Crippen MR) is 58.4 cm³/mol. The average Bonchev–Trinajstić information content (AvgIpc) is 2.14. The molecule has 2 fully saturated rings. The van der Waals surface area contributed by atoms with Crippen molar-refractivity contribution in [2.24, 2.45) is 11.3 Å². The number of fused-ring (bicyclic) bond motifs is 2. The van der Waals surface area contributed by atoms with E-state index in [1.54, 1.807) is 0 Å². The molecule has 0 aromatic rings. The summed E-state index contributed by atoms with van der Waals surface area (Å²) in [6.45, 7) is 6.53. The molecule has 82 valence electrons. The Hall–Kier alpha value is -0.0800. The number of hydrogen-bond acceptors (Lipinski definition) is 2. The number of rotatable bonds is 3. The molecule has 2 heteroatoms. The van der Waals surface area contributed by atoms with Gasteiger partial charge in [0.15, 0.2) is 0 Å². The molecule has 2 nitrogen and oxygen atoms in total. The van der Waals surface area contributed by atoms with Gasteiger partial charge in [0.1, 0.15) is 0 Å². The van der Waals surface area contributed by atoms with Crippen LogP contribution in [0.2, 0.25) is 0 Å². The summed E-state index contributed by atoms with van der Waals surface area (Å²) in [7, 11) is 2.26. The molecule has 1 aliphatic carbocycles. The molecule has 1 saturated heterocycles. The zero-order valence-electron chi connectivity index (χ0n) is 9.59. The summed E-state index contributed by atoms with van der Waals surface area (Å²) in [5.74, 6) is 0.947. The summed E-state index contributed by atoms with van der Waals surface area (Å²) < 4.78 is 5.67. The summed E-state index contributed by atoms with van der Waals surface area (Å²) in [5, 5.41) is 0. The fourth-order valence-corrected chi connectivity index (χ4v) is 3.45. The normalized spacial score (nSPS) is 38.6. The van der Waals surface area contributed by atoms with E-state index in [0.717, 1.165) is 19.1 Å². The van der Waals surface area contributed by atoms with E-state index in [-0.39, 0.29) is 0 Å². The van der Waals surface area contributed by atoms with Gasteiger partial charge in [0.2, 0.25) is 0 Å². The Labute approximate surface area is 87.6 Å². The molecule has 0 aromatic heterocycles. The molecule has 2 aliphatic rings. The summed E-state index contributed by atoms with van der Waals surface area (Å²) in [6, 6.07) is 0. The van der Waals surface area contributed by atoms with Gasteiger partial charge in [-0.2, -0.15) is 0 Å². The van der Waals surface area contributed by atoms with Crippen LogP contribution in [0.25, 0.3) is 0 Å². The Morgan fingerprint density at radius 3 is 3.14 bits per heavy atom. The second-order valence-electron chi connectivity index (χ2n) is 5.30. The molecule has 2 atom stereocenters. The van der Waals surface area contributed by atoms with E-state index in [9.17, 15) is 0 Å². The van der Waals surface area contributed by atoms with Gasteiger partial charge in [-0.05, 0) is 39.2 Å². The quantitative estimate of drug-likeness (QED) is 0.687. The van der Waals surface area contributed by atoms with Gasteiger partial charge < -0.3 is 9.64 Å². The van der Waals surface area contributed by atoms with Crippen LogP contribution < -0.4 is 0 Å². The third-order valence-corrected chi connectivity index (χ3v) is 3.83. The molecule has 0 amide bonds. The molecule has 2 unspecified atom stereocenters. The van der Waals surface area contributed by atoms with E-state index in [1.807, 2.05) is 0 Å². The van der Waals surface area contributed by atoms with Gasteiger partial charge in [-0.1, -0.05) is 6.42 Å². The van der Waals surface area contributed by atoms with E-state index in [2.05, 4.69) is 18.9 Å². The third kappa shape index (κ3) is 2.12. The van der Waals surface area contributed by atoms with Crippen molar-refractivity contribution in [2.75, 3.05) is 33.4 Å². The zero-order chi connectivity index (χ0) is 10.0. The van der Waals surface area contributed by atoms with Crippen molar-refractivity contribution in [1.29, 1.82) is 0 Å². The van der Waals surface area contributed by atoms with Crippen LogP contribution in [0.4, 0.5) is 0 Å². The number of hydrogen-bond donors (Lipinski definition) is 0. The van der Waals surface area contributed by atoms with Crippen LogP contribution >= 0.6 is 0 Å². The van der Waals surface area contributed by atoms with Crippen molar-refractivity contribution in [2.45, 2.75) is 32.6 Å². The minimum Gasteiger partial charge on any atom is -0.381 e. The van der Waals surface area contributed by atoms with Crippen LogP contribution in [0.3, 0.4) is 0 Å². The second kappa shape index (κ2) is 4.19. The van der Waals surface area contributed by atoms with Gasteiger partial charge in [0.25, 0.3) is 0 Å². The van der Waals surface area contributed by atoms with Crippen molar-refractivity contribution in [1.82, 2.24) is 4.90 Å². The number of piperidine rings is 1. The Kier molecular flexibility index (Phi) is 3.13. The predicted octanol–water partition coefficient (Wildman–Crippen LogP) is 2.14. The fraction of sp³-hybridized carbons (Fsp3) is 1.00. The van der Waals surface area contributed by atoms with Crippen molar-refractivity contribution in [3.05, 3.63) is 0 Å². The van der Waals surface area contributed by atoms with E-state index in [4.69, 9.17) is 4.74 Å². The van der Waals surface area contributed by atoms with Crippen LogP contribution in [0.1, 0.15) is 32.6 Å². The van der Waals surface area contributed by atoms with Crippen molar-refractivity contribution in [3.63, 3.8) is 0 Å². The third-order valence-electron chi connectivity index (χ3n) is 3.83. The monoisotopic (exact) mass is 197 g/mol. The summed E-state index contributed by atoms with van der Waals surface area (Å²) in [6.07, 6.45) is 5.66. The molecule has 2 rings (SSSR count). The molecular weight excluding hydrogens is 174 g/mol. The van der Waals surface area contributed by atoms with Crippen LogP contribution in [0.5, 0.6) is 0 Å². The van der Waals surface area contributed by atoms with Crippen molar-refractivity contribution in [3.8, 4) is 0 Å². The van der Waals surface area contributed by atoms with Gasteiger partial charge >= 0.3 is 0 Å². The molecule has 1 aliphatic heterocycles. The number of ether oxygens (including phenoxy) is 1. The highest BCUT2D eigenvalue weighted by molar-refractivity contribution is 4.93. The lowest BCUT2D eigenvalue weighted by atomic mass is 9.67. The number of nitrogens with zero attached hydrogens (tertiary/aromatic N) is 1. The van der Waals surface area contributed by atoms with Crippen molar-refractivity contribution < 1.29 is 4.74 Å². The highest BCUT2D eigenvalue weighted by Crippen LogP contribution is 2.43. The van der Waals surface area contributed by atoms with Crippen LogP contribution in [-0.4, -0.2) is 38.3 Å². The minimum atomic E-state index is 0.506. The molecule has 0 radical (unpaired) electrons. The maximum Gasteiger partial charge on any atom is 0.0534 e. The minimum absolute atomic E-state index is 0.506. The highest BCUT2D eigenvalue weighted by Gasteiger charge is 2.41. The molecule has 1 saturated carbocycles. The SMILES string of the molecule is CCOCC12CCCC(CN(C)C1)C2. The topological polar surface area (TPSA) is 12.5 Å². The maximum atomic E-state index is 5.67. The van der Waals surface area contributed by atoms with E-state index >= 15 is 0 Å². The zero-order valence-corrected chi connectivity index (χ0v) is 9.59. The fourth-order valence-electron chi connectivity index (χ4n) is 3.45. The van der Waals surface area contributed by atoms with Gasteiger partial charge in [0.05, 0.1) is 6.61 Å². The second-order valence-corrected chi connectivity index (χ2v) is 5.30. The smallest absolute Gasteiger partial charge is 0.0534 e. The standard InChI is InChI=1S/C12H23NO/c1-3-14-10-12-6-4-5-11(7-12)8-13(2)9-12/h11H,3-10H2,1-2H3. The van der Waals surface area contributed by atoms with Crippen LogP contribution in [-0.2, 0) is 4.74 Å². The lowest BCUT2D eigenvalue weighted by Crippen LogP contribution is -2.50. The molecule has 0 spiro atoms. The summed E-state index contributed by atoms with van der Waals surface area (Å²) >= 11 is 0. The maximum absolute atomic E-state index is 5.67. The van der Waals surface area contributed by atoms with E-state index in [0.29, 0.717) is 5.41 Å². The first-order valence-corrected chi connectivity index (χ1v) is 6.00. The van der Waals surface area contributed by atoms with Crippen LogP contribution in [0, 0.1) is 11.3 Å². The van der Waals surface area contributed by atoms with Crippen LogP contribution in [0.15, 0.2) is 0 Å². The van der Waals surface area contributed by atoms with Gasteiger partial charge in [-0.3, -0.25) is 0 Å². The Bertz CT molecular complexity index is 191. The molecular formula is C12H23NO. The number of likely N-dealkylation sites (tertiary alicyclic amines) is 1. The Morgan fingerprint density at radius 2 is 2.36 bits per heavy atom. The molecule has 1 heterocycles. The lowest BCUT2D eigenvalue weighted by molar-refractivity contribution is -0.0431. The first-order chi connectivity index (χ1) is 6.74.